The zero-order valence-electron chi connectivity index (χ0n) is 12.2. The van der Waals surface area contributed by atoms with Crippen LogP contribution in [0.3, 0.4) is 0 Å². The molecule has 1 heterocycles. The topological polar surface area (TPSA) is 86.7 Å². The number of nitrogens with zero attached hydrogens (tertiary/aromatic N) is 1. The van der Waals surface area contributed by atoms with E-state index in [0.717, 1.165) is 0 Å². The summed E-state index contributed by atoms with van der Waals surface area (Å²) in [5.74, 6) is -1.57. The number of rotatable bonds is 5. The van der Waals surface area contributed by atoms with Gasteiger partial charge in [0, 0.05) is 12.1 Å². The summed E-state index contributed by atoms with van der Waals surface area (Å²) in [5.41, 5.74) is 0.958. The van der Waals surface area contributed by atoms with Gasteiger partial charge in [0.25, 0.3) is 0 Å². The van der Waals surface area contributed by atoms with E-state index in [0.29, 0.717) is 30.8 Å². The first-order chi connectivity index (χ1) is 9.97. The summed E-state index contributed by atoms with van der Waals surface area (Å²) in [6.45, 7) is 2.56. The Hall–Kier alpha value is -1.92. The lowest BCUT2D eigenvalue weighted by molar-refractivity contribution is -0.141. The van der Waals surface area contributed by atoms with Gasteiger partial charge >= 0.3 is 5.97 Å². The maximum Gasteiger partial charge on any atom is 0.307 e. The molecule has 1 amide bonds. The fourth-order valence-corrected chi connectivity index (χ4v) is 2.47. The van der Waals surface area contributed by atoms with E-state index in [-0.39, 0.29) is 30.6 Å². The number of nitrogens with one attached hydrogen (secondary N) is 1. The van der Waals surface area contributed by atoms with Gasteiger partial charge in [0.2, 0.25) is 5.91 Å². The number of amides is 1. The Labute approximate surface area is 134 Å². The second-order valence-corrected chi connectivity index (χ2v) is 5.21. The number of hydrogen-bond donors (Lipinski definition) is 2. The van der Waals surface area contributed by atoms with Gasteiger partial charge in [0.05, 0.1) is 18.2 Å². The van der Waals surface area contributed by atoms with Crippen molar-refractivity contribution in [3.05, 3.63) is 29.8 Å². The first-order valence-corrected chi connectivity index (χ1v) is 6.82. The van der Waals surface area contributed by atoms with Crippen LogP contribution in [0.5, 0.6) is 0 Å². The van der Waals surface area contributed by atoms with Crippen molar-refractivity contribution in [3.8, 4) is 0 Å². The third-order valence-electron chi connectivity index (χ3n) is 3.57. The molecule has 0 aromatic heterocycles. The molecule has 1 atom stereocenters. The SMILES string of the molecule is CC(=O)c1ccccc1NC(=O)CN1CCC(C(=O)O)C1.Cl. The molecule has 1 fully saturated rings. The number of carbonyl (C=O) groups is 3. The minimum absolute atomic E-state index is 0. The summed E-state index contributed by atoms with van der Waals surface area (Å²) < 4.78 is 0. The highest BCUT2D eigenvalue weighted by molar-refractivity contribution is 6.04. The molecule has 0 saturated carbocycles. The average Bonchev–Trinajstić information content (AvgIpc) is 2.87. The largest absolute Gasteiger partial charge is 0.481 e. The van der Waals surface area contributed by atoms with E-state index in [1.165, 1.54) is 6.92 Å². The number of aliphatic carboxylic acids is 1. The molecule has 2 N–H and O–H groups in total. The van der Waals surface area contributed by atoms with E-state index in [1.807, 2.05) is 4.90 Å². The molecular formula is C15H19ClN2O4. The van der Waals surface area contributed by atoms with Crippen LogP contribution in [0.25, 0.3) is 0 Å². The molecule has 1 aliphatic heterocycles. The van der Waals surface area contributed by atoms with Crippen LogP contribution in [0.1, 0.15) is 23.7 Å². The van der Waals surface area contributed by atoms with Crippen LogP contribution in [0.2, 0.25) is 0 Å². The summed E-state index contributed by atoms with van der Waals surface area (Å²) in [4.78, 5) is 36.2. The molecule has 0 bridgehead atoms. The normalized spacial score (nSPS) is 17.6. The van der Waals surface area contributed by atoms with Crippen molar-refractivity contribution in [2.24, 2.45) is 5.92 Å². The number of ketones is 1. The minimum Gasteiger partial charge on any atom is -0.481 e. The Kier molecular flexibility index (Phi) is 6.52. The molecule has 1 unspecified atom stereocenters. The van der Waals surface area contributed by atoms with Crippen molar-refractivity contribution in [1.29, 1.82) is 0 Å². The summed E-state index contributed by atoms with van der Waals surface area (Å²) in [6.07, 6.45) is 0.562. The van der Waals surface area contributed by atoms with E-state index in [1.54, 1.807) is 24.3 Å². The highest BCUT2D eigenvalue weighted by Crippen LogP contribution is 2.18. The number of halogens is 1. The van der Waals surface area contributed by atoms with Crippen LogP contribution in [-0.2, 0) is 9.59 Å². The van der Waals surface area contributed by atoms with Crippen molar-refractivity contribution < 1.29 is 19.5 Å². The summed E-state index contributed by atoms with van der Waals surface area (Å²) in [6, 6.07) is 6.83. The second-order valence-electron chi connectivity index (χ2n) is 5.21. The van der Waals surface area contributed by atoms with E-state index in [9.17, 15) is 14.4 Å². The van der Waals surface area contributed by atoms with E-state index < -0.39 is 11.9 Å². The van der Waals surface area contributed by atoms with Crippen molar-refractivity contribution in [3.63, 3.8) is 0 Å². The molecule has 1 saturated heterocycles. The van der Waals surface area contributed by atoms with Gasteiger partial charge in [0.1, 0.15) is 0 Å². The molecule has 22 heavy (non-hydrogen) atoms. The molecule has 1 aromatic carbocycles. The number of benzene rings is 1. The Morgan fingerprint density at radius 2 is 2.00 bits per heavy atom. The van der Waals surface area contributed by atoms with Crippen LogP contribution in [-0.4, -0.2) is 47.3 Å². The molecular weight excluding hydrogens is 308 g/mol. The Morgan fingerprint density at radius 1 is 1.32 bits per heavy atom. The maximum absolute atomic E-state index is 12.0. The first kappa shape index (κ1) is 18.1. The van der Waals surface area contributed by atoms with Gasteiger partial charge in [-0.25, -0.2) is 0 Å². The predicted octanol–water partition coefficient (Wildman–Crippen LogP) is 1.66. The fourth-order valence-electron chi connectivity index (χ4n) is 2.47. The lowest BCUT2D eigenvalue weighted by atomic mass is 10.1. The Morgan fingerprint density at radius 3 is 2.59 bits per heavy atom. The van der Waals surface area contributed by atoms with Crippen molar-refractivity contribution in [2.75, 3.05) is 25.0 Å². The maximum atomic E-state index is 12.0. The molecule has 120 valence electrons. The highest BCUT2D eigenvalue weighted by Gasteiger charge is 2.28. The van der Waals surface area contributed by atoms with Crippen LogP contribution >= 0.6 is 12.4 Å². The van der Waals surface area contributed by atoms with Crippen LogP contribution < -0.4 is 5.32 Å². The lowest BCUT2D eigenvalue weighted by Crippen LogP contribution is -2.32. The van der Waals surface area contributed by atoms with Gasteiger partial charge in [-0.2, -0.15) is 0 Å². The molecule has 0 radical (unpaired) electrons. The van der Waals surface area contributed by atoms with Crippen molar-refractivity contribution in [1.82, 2.24) is 4.90 Å². The Balaban J connectivity index is 0.00000242. The molecule has 0 spiro atoms. The summed E-state index contributed by atoms with van der Waals surface area (Å²) in [5, 5.41) is 11.6. The quantitative estimate of drug-likeness (QED) is 0.804. The van der Waals surface area contributed by atoms with Gasteiger partial charge < -0.3 is 10.4 Å². The third kappa shape index (κ3) is 4.54. The third-order valence-corrected chi connectivity index (χ3v) is 3.57. The van der Waals surface area contributed by atoms with E-state index >= 15 is 0 Å². The number of Topliss-reactive ketones (excluding diaryl/α,β-unsaturated/α-hetero) is 1. The van der Waals surface area contributed by atoms with Crippen molar-refractivity contribution >= 4 is 35.8 Å². The van der Waals surface area contributed by atoms with Crippen LogP contribution in [0, 0.1) is 5.92 Å². The molecule has 0 aliphatic carbocycles. The lowest BCUT2D eigenvalue weighted by Gasteiger charge is -2.15. The van der Waals surface area contributed by atoms with Gasteiger partial charge in [-0.15, -0.1) is 12.4 Å². The molecule has 6 nitrogen and oxygen atoms in total. The zero-order chi connectivity index (χ0) is 15.4. The average molecular weight is 327 g/mol. The number of carboxylic acid groups (broad SMARTS) is 1. The highest BCUT2D eigenvalue weighted by atomic mass is 35.5. The predicted molar refractivity (Wildman–Crippen MR) is 84.5 cm³/mol. The molecule has 1 aliphatic rings. The number of likely N-dealkylation sites (tertiary alicyclic amines) is 1. The van der Waals surface area contributed by atoms with E-state index in [4.69, 9.17) is 5.11 Å². The smallest absolute Gasteiger partial charge is 0.307 e. The van der Waals surface area contributed by atoms with Gasteiger partial charge in [0.15, 0.2) is 5.78 Å². The Bertz CT molecular complexity index is 576. The monoisotopic (exact) mass is 326 g/mol. The van der Waals surface area contributed by atoms with E-state index in [2.05, 4.69) is 5.32 Å². The fraction of sp³-hybridized carbons (Fsp3) is 0.400. The number of carboxylic acids is 1. The summed E-state index contributed by atoms with van der Waals surface area (Å²) in [7, 11) is 0. The van der Waals surface area contributed by atoms with Crippen LogP contribution in [0.4, 0.5) is 5.69 Å². The zero-order valence-corrected chi connectivity index (χ0v) is 13.1. The van der Waals surface area contributed by atoms with Crippen molar-refractivity contribution in [2.45, 2.75) is 13.3 Å². The summed E-state index contributed by atoms with van der Waals surface area (Å²) >= 11 is 0. The van der Waals surface area contributed by atoms with Gasteiger partial charge in [-0.05, 0) is 32.0 Å². The number of hydrogen-bond acceptors (Lipinski definition) is 4. The number of anilines is 1. The number of para-hydroxylation sites is 1. The van der Waals surface area contributed by atoms with Gasteiger partial charge in [-0.3, -0.25) is 19.3 Å². The molecule has 2 rings (SSSR count). The first-order valence-electron chi connectivity index (χ1n) is 6.82. The standard InChI is InChI=1S/C15H18N2O4.ClH/c1-10(18)12-4-2-3-5-13(12)16-14(19)9-17-7-6-11(8-17)15(20)21;/h2-5,11H,6-9H2,1H3,(H,16,19)(H,20,21);1H. The second kappa shape index (κ2) is 7.91. The molecule has 7 heteroatoms. The molecule has 1 aromatic rings. The van der Waals surface area contributed by atoms with Crippen LogP contribution in [0.15, 0.2) is 24.3 Å². The minimum atomic E-state index is -0.820. The number of carbonyl (C=O) groups excluding carboxylic acids is 2. The van der Waals surface area contributed by atoms with Gasteiger partial charge in [-0.1, -0.05) is 12.1 Å².